The fraction of sp³-hybridized carbons (Fsp3) is 0.462. The van der Waals surface area contributed by atoms with Crippen LogP contribution in [0.1, 0.15) is 42.8 Å². The van der Waals surface area contributed by atoms with Crippen molar-refractivity contribution in [2.45, 2.75) is 32.4 Å². The van der Waals surface area contributed by atoms with Crippen molar-refractivity contribution in [3.8, 4) is 5.75 Å². The average molecular weight is 253 g/mol. The summed E-state index contributed by atoms with van der Waals surface area (Å²) in [5.41, 5.74) is 0.123. The molecule has 1 aromatic rings. The van der Waals surface area contributed by atoms with Gasteiger partial charge in [-0.3, -0.25) is 0 Å². The summed E-state index contributed by atoms with van der Waals surface area (Å²) in [4.78, 5) is 10.9. The third-order valence-corrected chi connectivity index (χ3v) is 2.46. The number of aromatic hydroxyl groups is 1. The Hall–Kier alpha value is -1.59. The number of rotatable bonds is 4. The first-order chi connectivity index (χ1) is 8.20. The summed E-state index contributed by atoms with van der Waals surface area (Å²) in [6.45, 7) is 6.23. The molecule has 0 amide bonds. The minimum Gasteiger partial charge on any atom is -0.507 e. The summed E-state index contributed by atoms with van der Waals surface area (Å²) in [6.07, 6.45) is -0.817. The Morgan fingerprint density at radius 3 is 2.50 bits per heavy atom. The molecule has 0 fully saturated rings. The van der Waals surface area contributed by atoms with Gasteiger partial charge in [0.05, 0.1) is 6.10 Å². The van der Waals surface area contributed by atoms with Gasteiger partial charge in [0.1, 0.15) is 11.3 Å². The Kier molecular flexibility index (Phi) is 4.32. The lowest BCUT2D eigenvalue weighted by Crippen LogP contribution is -2.38. The number of β-amino-alcohol motifs (C(OH)–C–C–N with tert-alkyl or cyclic N) is 1. The van der Waals surface area contributed by atoms with Crippen LogP contribution in [-0.2, 0) is 0 Å². The molecule has 18 heavy (non-hydrogen) atoms. The van der Waals surface area contributed by atoms with Gasteiger partial charge in [-0.05, 0) is 38.5 Å². The number of hydrogen-bond donors (Lipinski definition) is 4. The predicted octanol–water partition coefficient (Wildman–Crippen LogP) is 1.51. The number of aliphatic hydroxyl groups is 1. The monoisotopic (exact) mass is 253 g/mol. The largest absolute Gasteiger partial charge is 0.507 e. The van der Waals surface area contributed by atoms with Crippen LogP contribution in [0.15, 0.2) is 18.2 Å². The topological polar surface area (TPSA) is 89.8 Å². The maximum absolute atomic E-state index is 10.9. The number of carbonyl (C=O) groups is 1. The molecule has 4 N–H and O–H groups in total. The van der Waals surface area contributed by atoms with Gasteiger partial charge in [-0.25, -0.2) is 4.79 Å². The minimum atomic E-state index is -1.22. The smallest absolute Gasteiger partial charge is 0.339 e. The lowest BCUT2D eigenvalue weighted by molar-refractivity contribution is 0.0693. The van der Waals surface area contributed by atoms with E-state index in [0.29, 0.717) is 12.1 Å². The van der Waals surface area contributed by atoms with Gasteiger partial charge >= 0.3 is 5.97 Å². The van der Waals surface area contributed by atoms with Crippen molar-refractivity contribution in [3.05, 3.63) is 29.3 Å². The molecule has 5 heteroatoms. The maximum Gasteiger partial charge on any atom is 0.339 e. The molecule has 1 unspecified atom stereocenters. The normalized spacial score (nSPS) is 13.3. The standard InChI is InChI=1S/C13H19NO4/c1-13(2,3)14-7-11(16)8-4-5-10(15)9(6-8)12(17)18/h4-6,11,14-16H,7H2,1-3H3,(H,17,18). The van der Waals surface area contributed by atoms with Gasteiger partial charge in [0.2, 0.25) is 0 Å². The quantitative estimate of drug-likeness (QED) is 0.653. The van der Waals surface area contributed by atoms with Gasteiger partial charge in [0, 0.05) is 12.1 Å². The molecule has 0 aliphatic heterocycles. The number of benzene rings is 1. The summed E-state index contributed by atoms with van der Waals surface area (Å²) in [5.74, 6) is -1.52. The Labute approximate surface area is 106 Å². The van der Waals surface area contributed by atoms with E-state index in [-0.39, 0.29) is 16.9 Å². The summed E-state index contributed by atoms with van der Waals surface area (Å²) in [7, 11) is 0. The Balaban J connectivity index is 2.83. The third kappa shape index (κ3) is 4.01. The molecule has 5 nitrogen and oxygen atoms in total. The van der Waals surface area contributed by atoms with E-state index in [0.717, 1.165) is 0 Å². The number of hydrogen-bond acceptors (Lipinski definition) is 4. The Morgan fingerprint density at radius 2 is 2.00 bits per heavy atom. The van der Waals surface area contributed by atoms with Crippen LogP contribution in [-0.4, -0.2) is 33.4 Å². The first-order valence-electron chi connectivity index (χ1n) is 5.70. The molecular formula is C13H19NO4. The first kappa shape index (κ1) is 14.5. The highest BCUT2D eigenvalue weighted by Gasteiger charge is 2.16. The zero-order valence-electron chi connectivity index (χ0n) is 10.8. The summed E-state index contributed by atoms with van der Waals surface area (Å²) < 4.78 is 0. The van der Waals surface area contributed by atoms with Gasteiger partial charge in [-0.1, -0.05) is 6.07 Å². The summed E-state index contributed by atoms with van der Waals surface area (Å²) in [5, 5.41) is 31.3. The second-order valence-electron chi connectivity index (χ2n) is 5.23. The van der Waals surface area contributed by atoms with Crippen LogP contribution in [0.5, 0.6) is 5.75 Å². The molecule has 0 bridgehead atoms. The molecule has 0 saturated heterocycles. The number of carboxylic acids is 1. The van der Waals surface area contributed by atoms with Crippen molar-refractivity contribution < 1.29 is 20.1 Å². The maximum atomic E-state index is 10.9. The van der Waals surface area contributed by atoms with Crippen molar-refractivity contribution in [2.75, 3.05) is 6.54 Å². The zero-order chi connectivity index (χ0) is 13.9. The van der Waals surface area contributed by atoms with Crippen molar-refractivity contribution in [2.24, 2.45) is 0 Å². The van der Waals surface area contributed by atoms with Crippen molar-refractivity contribution in [3.63, 3.8) is 0 Å². The molecule has 0 aliphatic rings. The minimum absolute atomic E-state index is 0.131. The highest BCUT2D eigenvalue weighted by Crippen LogP contribution is 2.22. The number of aromatic carboxylic acids is 1. The number of carboxylic acid groups (broad SMARTS) is 1. The van der Waals surface area contributed by atoms with Crippen molar-refractivity contribution in [1.82, 2.24) is 5.32 Å². The third-order valence-electron chi connectivity index (χ3n) is 2.46. The van der Waals surface area contributed by atoms with Crippen LogP contribution in [0.4, 0.5) is 0 Å². The molecule has 0 heterocycles. The average Bonchev–Trinajstić information content (AvgIpc) is 2.25. The lowest BCUT2D eigenvalue weighted by atomic mass is 10.0. The summed E-state index contributed by atoms with van der Waals surface area (Å²) in [6, 6.07) is 4.07. The lowest BCUT2D eigenvalue weighted by Gasteiger charge is -2.23. The van der Waals surface area contributed by atoms with Crippen LogP contribution in [0, 0.1) is 0 Å². The fourth-order valence-electron chi connectivity index (χ4n) is 1.45. The SMILES string of the molecule is CC(C)(C)NCC(O)c1ccc(O)c(C(=O)O)c1. The molecule has 1 rings (SSSR count). The van der Waals surface area contributed by atoms with E-state index >= 15 is 0 Å². The second-order valence-corrected chi connectivity index (χ2v) is 5.23. The summed E-state index contributed by atoms with van der Waals surface area (Å²) >= 11 is 0. The first-order valence-corrected chi connectivity index (χ1v) is 5.70. The van der Waals surface area contributed by atoms with Crippen LogP contribution < -0.4 is 5.32 Å². The molecule has 0 aromatic heterocycles. The highest BCUT2D eigenvalue weighted by molar-refractivity contribution is 5.90. The van der Waals surface area contributed by atoms with E-state index < -0.39 is 12.1 Å². The van der Waals surface area contributed by atoms with Gasteiger partial charge in [-0.2, -0.15) is 0 Å². The fourth-order valence-corrected chi connectivity index (χ4v) is 1.45. The van der Waals surface area contributed by atoms with E-state index in [1.54, 1.807) is 0 Å². The molecule has 0 aliphatic carbocycles. The zero-order valence-corrected chi connectivity index (χ0v) is 10.8. The Bertz CT molecular complexity index is 437. The molecular weight excluding hydrogens is 234 g/mol. The number of aliphatic hydroxyl groups excluding tert-OH is 1. The van der Waals surface area contributed by atoms with Crippen LogP contribution >= 0.6 is 0 Å². The van der Waals surface area contributed by atoms with E-state index in [2.05, 4.69) is 5.32 Å². The molecule has 0 spiro atoms. The van der Waals surface area contributed by atoms with Gasteiger partial charge in [-0.15, -0.1) is 0 Å². The molecule has 1 aromatic carbocycles. The van der Waals surface area contributed by atoms with Crippen LogP contribution in [0.2, 0.25) is 0 Å². The second kappa shape index (κ2) is 5.37. The number of nitrogens with one attached hydrogen (secondary N) is 1. The Morgan fingerprint density at radius 1 is 1.39 bits per heavy atom. The molecule has 100 valence electrons. The molecule has 1 atom stereocenters. The van der Waals surface area contributed by atoms with E-state index in [9.17, 15) is 15.0 Å². The molecule has 0 saturated carbocycles. The van der Waals surface area contributed by atoms with Crippen molar-refractivity contribution in [1.29, 1.82) is 0 Å². The highest BCUT2D eigenvalue weighted by atomic mass is 16.4. The van der Waals surface area contributed by atoms with Crippen molar-refractivity contribution >= 4 is 5.97 Å². The predicted molar refractivity (Wildman–Crippen MR) is 67.8 cm³/mol. The van der Waals surface area contributed by atoms with E-state index in [1.165, 1.54) is 18.2 Å². The van der Waals surface area contributed by atoms with Crippen LogP contribution in [0.25, 0.3) is 0 Å². The van der Waals surface area contributed by atoms with Gasteiger partial charge < -0.3 is 20.6 Å². The van der Waals surface area contributed by atoms with E-state index in [4.69, 9.17) is 5.11 Å². The van der Waals surface area contributed by atoms with E-state index in [1.807, 2.05) is 20.8 Å². The van der Waals surface area contributed by atoms with Crippen LogP contribution in [0.3, 0.4) is 0 Å². The molecule has 0 radical (unpaired) electrons. The van der Waals surface area contributed by atoms with Gasteiger partial charge in [0.25, 0.3) is 0 Å². The number of phenols is 1. The van der Waals surface area contributed by atoms with Gasteiger partial charge in [0.15, 0.2) is 0 Å².